The Labute approximate surface area is 147 Å². The van der Waals surface area contributed by atoms with Crippen LogP contribution in [0.1, 0.15) is 23.0 Å². The highest BCUT2D eigenvalue weighted by atomic mass is 127. The molecule has 0 aromatic carbocycles. The fourth-order valence-electron chi connectivity index (χ4n) is 2.05. The average Bonchev–Trinajstić information content (AvgIpc) is 3.00. The number of furan rings is 1. The van der Waals surface area contributed by atoms with Crippen LogP contribution in [0.5, 0.6) is 0 Å². The lowest BCUT2D eigenvalue weighted by atomic mass is 10.2. The number of aliphatic imine (C=N–C) groups is 1. The molecule has 0 atom stereocenters. The third kappa shape index (κ3) is 4.21. The molecule has 122 valence electrons. The molecule has 0 radical (unpaired) electrons. The van der Waals surface area contributed by atoms with Crippen molar-refractivity contribution in [2.24, 2.45) is 12.0 Å². The van der Waals surface area contributed by atoms with Gasteiger partial charge in [-0.2, -0.15) is 0 Å². The third-order valence-electron chi connectivity index (χ3n) is 3.53. The van der Waals surface area contributed by atoms with E-state index < -0.39 is 0 Å². The number of guanidine groups is 1. The SMILES string of the molecule is CN=C(NCc1nnc(C)n1C)N(C)Cc1ccoc1C.I. The van der Waals surface area contributed by atoms with Crippen LogP contribution in [0.15, 0.2) is 21.7 Å². The van der Waals surface area contributed by atoms with Gasteiger partial charge in [0.1, 0.15) is 11.6 Å². The van der Waals surface area contributed by atoms with E-state index in [0.717, 1.165) is 35.5 Å². The van der Waals surface area contributed by atoms with Gasteiger partial charge in [-0.05, 0) is 19.9 Å². The first-order chi connectivity index (χ1) is 10.0. The van der Waals surface area contributed by atoms with Crippen molar-refractivity contribution in [1.82, 2.24) is 25.0 Å². The Morgan fingerprint density at radius 3 is 2.64 bits per heavy atom. The van der Waals surface area contributed by atoms with Crippen LogP contribution in [-0.4, -0.2) is 39.7 Å². The predicted molar refractivity (Wildman–Crippen MR) is 96.3 cm³/mol. The monoisotopic (exact) mass is 418 g/mol. The number of nitrogens with one attached hydrogen (secondary N) is 1. The number of halogens is 1. The first-order valence-electron chi connectivity index (χ1n) is 6.82. The second kappa shape index (κ2) is 8.16. The van der Waals surface area contributed by atoms with E-state index in [1.165, 1.54) is 0 Å². The molecule has 2 rings (SSSR count). The molecule has 0 aliphatic heterocycles. The topological polar surface area (TPSA) is 71.5 Å². The molecule has 0 aliphatic carbocycles. The highest BCUT2D eigenvalue weighted by Crippen LogP contribution is 2.11. The molecular formula is C14H23IN6O. The van der Waals surface area contributed by atoms with Crippen LogP contribution in [0.4, 0.5) is 0 Å². The maximum Gasteiger partial charge on any atom is 0.194 e. The molecule has 2 aromatic heterocycles. The van der Waals surface area contributed by atoms with Crippen LogP contribution in [-0.2, 0) is 20.1 Å². The normalized spacial score (nSPS) is 11.2. The Hall–Kier alpha value is -1.58. The van der Waals surface area contributed by atoms with Gasteiger partial charge < -0.3 is 19.2 Å². The zero-order valence-corrected chi connectivity index (χ0v) is 16.0. The quantitative estimate of drug-likeness (QED) is 0.466. The molecule has 2 aromatic rings. The van der Waals surface area contributed by atoms with E-state index in [1.807, 2.05) is 43.5 Å². The van der Waals surface area contributed by atoms with E-state index in [-0.39, 0.29) is 24.0 Å². The minimum Gasteiger partial charge on any atom is -0.469 e. The van der Waals surface area contributed by atoms with Gasteiger partial charge >= 0.3 is 0 Å². The van der Waals surface area contributed by atoms with E-state index in [9.17, 15) is 0 Å². The Morgan fingerprint density at radius 2 is 2.14 bits per heavy atom. The summed E-state index contributed by atoms with van der Waals surface area (Å²) in [5.74, 6) is 3.50. The minimum atomic E-state index is 0. The number of aryl methyl sites for hydroxylation is 2. The first kappa shape index (κ1) is 18.5. The molecule has 0 fully saturated rings. The molecule has 0 spiro atoms. The third-order valence-corrected chi connectivity index (χ3v) is 3.53. The fraction of sp³-hybridized carbons (Fsp3) is 0.500. The van der Waals surface area contributed by atoms with Crippen LogP contribution in [0.2, 0.25) is 0 Å². The molecule has 0 amide bonds. The summed E-state index contributed by atoms with van der Waals surface area (Å²) in [6, 6.07) is 1.98. The molecule has 0 saturated carbocycles. The smallest absolute Gasteiger partial charge is 0.194 e. The maximum atomic E-state index is 5.32. The molecule has 1 N–H and O–H groups in total. The number of hydrogen-bond acceptors (Lipinski definition) is 4. The average molecular weight is 418 g/mol. The molecule has 2 heterocycles. The molecule has 0 aliphatic rings. The molecule has 8 heteroatoms. The number of aromatic nitrogens is 3. The summed E-state index contributed by atoms with van der Waals surface area (Å²) in [6.07, 6.45) is 1.71. The maximum absolute atomic E-state index is 5.32. The van der Waals surface area contributed by atoms with Gasteiger partial charge in [0.25, 0.3) is 0 Å². The van der Waals surface area contributed by atoms with Gasteiger partial charge in [0.05, 0.1) is 12.8 Å². The standard InChI is InChI=1S/C14H22N6O.HI/c1-10-12(6-7-21-10)9-19(4)14(15-3)16-8-13-18-17-11(2)20(13)5;/h6-7H,8-9H2,1-5H3,(H,15,16);1H. The minimum absolute atomic E-state index is 0. The van der Waals surface area contributed by atoms with Crippen molar-refractivity contribution in [3.63, 3.8) is 0 Å². The van der Waals surface area contributed by atoms with Crippen LogP contribution in [0.25, 0.3) is 0 Å². The summed E-state index contributed by atoms with van der Waals surface area (Å²) in [7, 11) is 5.71. The van der Waals surface area contributed by atoms with Crippen molar-refractivity contribution in [2.45, 2.75) is 26.9 Å². The Bertz CT molecular complexity index is 633. The molecular weight excluding hydrogens is 395 g/mol. The van der Waals surface area contributed by atoms with Gasteiger partial charge in [0.15, 0.2) is 11.8 Å². The van der Waals surface area contributed by atoms with Crippen molar-refractivity contribution >= 4 is 29.9 Å². The summed E-state index contributed by atoms with van der Waals surface area (Å²) in [5.41, 5.74) is 1.15. The highest BCUT2D eigenvalue weighted by Gasteiger charge is 2.11. The lowest BCUT2D eigenvalue weighted by Gasteiger charge is -2.21. The zero-order chi connectivity index (χ0) is 15.4. The Morgan fingerprint density at radius 1 is 1.41 bits per heavy atom. The number of hydrogen-bond donors (Lipinski definition) is 1. The second-order valence-corrected chi connectivity index (χ2v) is 4.98. The van der Waals surface area contributed by atoms with Crippen molar-refractivity contribution in [2.75, 3.05) is 14.1 Å². The summed E-state index contributed by atoms with van der Waals surface area (Å²) < 4.78 is 7.28. The largest absolute Gasteiger partial charge is 0.469 e. The number of rotatable bonds is 4. The summed E-state index contributed by atoms with van der Waals surface area (Å²) in [6.45, 7) is 5.21. The van der Waals surface area contributed by atoms with Gasteiger partial charge in [0, 0.05) is 33.3 Å². The van der Waals surface area contributed by atoms with Gasteiger partial charge in [-0.3, -0.25) is 4.99 Å². The molecule has 0 unspecified atom stereocenters. The van der Waals surface area contributed by atoms with Gasteiger partial charge in [0.2, 0.25) is 0 Å². The van der Waals surface area contributed by atoms with Crippen molar-refractivity contribution in [3.8, 4) is 0 Å². The van der Waals surface area contributed by atoms with Crippen molar-refractivity contribution in [1.29, 1.82) is 0 Å². The molecule has 22 heavy (non-hydrogen) atoms. The number of nitrogens with zero attached hydrogens (tertiary/aromatic N) is 5. The van der Waals surface area contributed by atoms with Crippen LogP contribution in [0, 0.1) is 13.8 Å². The Balaban J connectivity index is 0.00000242. The lowest BCUT2D eigenvalue weighted by Crippen LogP contribution is -2.38. The van der Waals surface area contributed by atoms with Crippen molar-refractivity contribution < 1.29 is 4.42 Å². The van der Waals surface area contributed by atoms with Crippen LogP contribution in [0.3, 0.4) is 0 Å². The summed E-state index contributed by atoms with van der Waals surface area (Å²) in [4.78, 5) is 6.34. The predicted octanol–water partition coefficient (Wildman–Crippen LogP) is 1.85. The summed E-state index contributed by atoms with van der Waals surface area (Å²) in [5, 5.41) is 11.5. The van der Waals surface area contributed by atoms with Crippen LogP contribution >= 0.6 is 24.0 Å². The van der Waals surface area contributed by atoms with E-state index >= 15 is 0 Å². The van der Waals surface area contributed by atoms with Crippen molar-refractivity contribution in [3.05, 3.63) is 35.3 Å². The van der Waals surface area contributed by atoms with E-state index in [1.54, 1.807) is 13.3 Å². The van der Waals surface area contributed by atoms with Crippen LogP contribution < -0.4 is 5.32 Å². The van der Waals surface area contributed by atoms with E-state index in [0.29, 0.717) is 6.54 Å². The lowest BCUT2D eigenvalue weighted by molar-refractivity contribution is 0.462. The first-order valence-corrected chi connectivity index (χ1v) is 6.82. The van der Waals surface area contributed by atoms with E-state index in [2.05, 4.69) is 20.5 Å². The fourth-order valence-corrected chi connectivity index (χ4v) is 2.05. The molecule has 0 bridgehead atoms. The molecule has 7 nitrogen and oxygen atoms in total. The second-order valence-electron chi connectivity index (χ2n) is 4.98. The van der Waals surface area contributed by atoms with Gasteiger partial charge in [-0.15, -0.1) is 34.2 Å². The highest BCUT2D eigenvalue weighted by molar-refractivity contribution is 14.0. The summed E-state index contributed by atoms with van der Waals surface area (Å²) >= 11 is 0. The van der Waals surface area contributed by atoms with Gasteiger partial charge in [-0.25, -0.2) is 0 Å². The van der Waals surface area contributed by atoms with E-state index in [4.69, 9.17) is 4.42 Å². The zero-order valence-electron chi connectivity index (χ0n) is 13.6. The van der Waals surface area contributed by atoms with Gasteiger partial charge in [-0.1, -0.05) is 0 Å². The molecule has 0 saturated heterocycles. The Kier molecular flexibility index (Phi) is 6.85.